The summed E-state index contributed by atoms with van der Waals surface area (Å²) in [6, 6.07) is 17.0. The van der Waals surface area contributed by atoms with Gasteiger partial charge in [-0.1, -0.05) is 6.07 Å². The van der Waals surface area contributed by atoms with Crippen LogP contribution in [0.15, 0.2) is 78.9 Å². The summed E-state index contributed by atoms with van der Waals surface area (Å²) in [6.07, 6.45) is -4.72. The number of hydrogen-bond donors (Lipinski definition) is 10. The number of nitrogens with zero attached hydrogens (tertiary/aromatic N) is 5. The monoisotopic (exact) mass is 841 g/mol. The van der Waals surface area contributed by atoms with E-state index >= 15 is 0 Å². The zero-order valence-electron chi connectivity index (χ0n) is 30.0. The van der Waals surface area contributed by atoms with Crippen molar-refractivity contribution in [2.45, 2.75) is 6.18 Å². The molecule has 0 aliphatic rings. The highest BCUT2D eigenvalue weighted by molar-refractivity contribution is 5.91. The number of para-hydroxylation sites is 1. The van der Waals surface area contributed by atoms with Crippen molar-refractivity contribution in [1.29, 1.82) is 0 Å². The van der Waals surface area contributed by atoms with Gasteiger partial charge in [-0.25, -0.2) is 26.3 Å². The third-order valence-electron chi connectivity index (χ3n) is 8.32. The molecule has 5 heterocycles. The molecule has 15 N–H and O–H groups in total. The predicted octanol–water partition coefficient (Wildman–Crippen LogP) is 7.58. The van der Waals surface area contributed by atoms with Crippen LogP contribution < -0.4 is 28.7 Å². The van der Waals surface area contributed by atoms with Gasteiger partial charge in [-0.3, -0.25) is 25.5 Å². The maximum Gasteiger partial charge on any atom is 0.419 e. The standard InChI is InChI=1S/C8H5F4N3.C7H5F2N3.3C7H6FN3/c9-5-4(8(10,11)12)2-1-3-6(5)14-15-7(3)13;8-3-1-4-6(5(9)2-3)11-12-7(4)10;8-4-1-2-6-5(3-4)7(9)11-10-6;8-4-1-2-5-6(3-4)10-11-7(5)9;8-5-3-1-2-4-6(5)10-11-7(4)9/h1-2H,(H3,13,14,15);1-2H,(H3,10,11,12);3*1-3H,(H3,9,10,11). The van der Waals surface area contributed by atoms with E-state index < -0.39 is 29.2 Å². The molecule has 60 heavy (non-hydrogen) atoms. The lowest BCUT2D eigenvalue weighted by Crippen LogP contribution is -2.08. The first kappa shape index (κ1) is 41.5. The number of aromatic nitrogens is 10. The summed E-state index contributed by atoms with van der Waals surface area (Å²) >= 11 is 0. The predicted molar refractivity (Wildman–Crippen MR) is 207 cm³/mol. The van der Waals surface area contributed by atoms with Crippen LogP contribution in [0.4, 0.5) is 68.6 Å². The van der Waals surface area contributed by atoms with E-state index in [2.05, 4.69) is 51.0 Å². The van der Waals surface area contributed by atoms with Crippen molar-refractivity contribution in [2.24, 2.45) is 0 Å². The van der Waals surface area contributed by atoms with E-state index in [-0.39, 0.29) is 50.9 Å². The fourth-order valence-electron chi connectivity index (χ4n) is 5.41. The first-order chi connectivity index (χ1) is 28.4. The molecule has 0 unspecified atom stereocenters. The lowest BCUT2D eigenvalue weighted by atomic mass is 10.1. The van der Waals surface area contributed by atoms with Gasteiger partial charge in [0, 0.05) is 33.0 Å². The lowest BCUT2D eigenvalue weighted by Gasteiger charge is -2.07. The van der Waals surface area contributed by atoms with Gasteiger partial charge >= 0.3 is 6.18 Å². The molecule has 0 spiro atoms. The van der Waals surface area contributed by atoms with Crippen molar-refractivity contribution in [3.8, 4) is 0 Å². The number of aromatic amines is 5. The molecule has 10 aromatic rings. The Morgan fingerprint density at radius 1 is 0.400 bits per heavy atom. The van der Waals surface area contributed by atoms with Gasteiger partial charge < -0.3 is 28.7 Å². The van der Waals surface area contributed by atoms with Crippen molar-refractivity contribution in [3.63, 3.8) is 0 Å². The smallest absolute Gasteiger partial charge is 0.382 e. The second kappa shape index (κ2) is 16.7. The Labute approximate surface area is 328 Å². The summed E-state index contributed by atoms with van der Waals surface area (Å²) in [7, 11) is 0. The Kier molecular flexibility index (Phi) is 11.6. The van der Waals surface area contributed by atoms with E-state index in [1.165, 1.54) is 30.3 Å². The van der Waals surface area contributed by atoms with Crippen LogP contribution in [0.2, 0.25) is 0 Å². The van der Waals surface area contributed by atoms with Crippen molar-refractivity contribution >= 4 is 83.6 Å². The van der Waals surface area contributed by atoms with Gasteiger partial charge in [0.05, 0.1) is 16.6 Å². The number of nitrogens with one attached hydrogen (secondary N) is 5. The Morgan fingerprint density at radius 2 is 0.883 bits per heavy atom. The number of H-pyrrole nitrogens is 5. The molecule has 5 aromatic heterocycles. The Morgan fingerprint density at radius 3 is 1.53 bits per heavy atom. The molecule has 0 aliphatic carbocycles. The van der Waals surface area contributed by atoms with Crippen molar-refractivity contribution in [2.75, 3.05) is 28.7 Å². The Balaban J connectivity index is 0.000000126. The van der Waals surface area contributed by atoms with Crippen LogP contribution in [-0.2, 0) is 6.18 Å². The summed E-state index contributed by atoms with van der Waals surface area (Å²) in [4.78, 5) is 0. The van der Waals surface area contributed by atoms with Gasteiger partial charge in [-0.05, 0) is 66.7 Å². The molecule has 310 valence electrons. The van der Waals surface area contributed by atoms with Crippen LogP contribution >= 0.6 is 0 Å². The fraction of sp³-hybridized carbons (Fsp3) is 0.0278. The van der Waals surface area contributed by atoms with Crippen LogP contribution in [-0.4, -0.2) is 51.0 Å². The van der Waals surface area contributed by atoms with Gasteiger partial charge in [0.1, 0.15) is 39.8 Å². The van der Waals surface area contributed by atoms with Crippen molar-refractivity contribution in [3.05, 3.63) is 119 Å². The molecule has 0 fully saturated rings. The molecular formula is C36H28F9N15. The number of nitrogens with two attached hydrogens (primary N) is 5. The summed E-state index contributed by atoms with van der Waals surface area (Å²) in [5.41, 5.74) is 27.2. The molecule has 0 radical (unpaired) electrons. The van der Waals surface area contributed by atoms with Gasteiger partial charge in [-0.15, -0.1) is 0 Å². The van der Waals surface area contributed by atoms with E-state index in [1.807, 2.05) is 0 Å². The SMILES string of the molecule is Nc1n[nH]c2c(F)c(C(F)(F)F)ccc12.Nc1n[nH]c2c(F)cc(F)cc12.Nc1n[nH]c2c(F)cccc12.Nc1n[nH]c2cc(F)ccc12.Nc1n[nH]c2ccc(F)cc12. The van der Waals surface area contributed by atoms with Gasteiger partial charge in [0.2, 0.25) is 0 Å². The molecule has 0 atom stereocenters. The fourth-order valence-corrected chi connectivity index (χ4v) is 5.41. The molecule has 5 aromatic carbocycles. The van der Waals surface area contributed by atoms with Crippen molar-refractivity contribution < 1.29 is 39.5 Å². The number of rotatable bonds is 0. The van der Waals surface area contributed by atoms with Gasteiger partial charge in [0.25, 0.3) is 0 Å². The minimum atomic E-state index is -4.72. The highest BCUT2D eigenvalue weighted by Crippen LogP contribution is 2.35. The number of anilines is 5. The molecule has 0 saturated heterocycles. The van der Waals surface area contributed by atoms with Crippen LogP contribution in [0.3, 0.4) is 0 Å². The average molecular weight is 842 g/mol. The number of hydrogen-bond acceptors (Lipinski definition) is 10. The van der Waals surface area contributed by atoms with E-state index in [0.29, 0.717) is 45.3 Å². The molecule has 0 bridgehead atoms. The zero-order valence-corrected chi connectivity index (χ0v) is 30.0. The molecule has 0 amide bonds. The molecule has 15 nitrogen and oxygen atoms in total. The summed E-state index contributed by atoms with van der Waals surface area (Å²) in [5.74, 6) is -2.51. The first-order valence-corrected chi connectivity index (χ1v) is 16.7. The minimum absolute atomic E-state index is 0.0300. The van der Waals surface area contributed by atoms with E-state index in [4.69, 9.17) is 28.7 Å². The van der Waals surface area contributed by atoms with Crippen LogP contribution in [0.1, 0.15) is 5.56 Å². The van der Waals surface area contributed by atoms with Crippen LogP contribution in [0.5, 0.6) is 0 Å². The number of benzene rings is 5. The lowest BCUT2D eigenvalue weighted by molar-refractivity contribution is -0.139. The second-order valence-electron chi connectivity index (χ2n) is 12.2. The maximum atomic E-state index is 13.3. The van der Waals surface area contributed by atoms with E-state index in [1.54, 1.807) is 24.3 Å². The highest BCUT2D eigenvalue weighted by Gasteiger charge is 2.35. The van der Waals surface area contributed by atoms with E-state index in [0.717, 1.165) is 29.1 Å². The first-order valence-electron chi connectivity index (χ1n) is 16.7. The average Bonchev–Trinajstić information content (AvgIpc) is 4.03. The Bertz CT molecular complexity index is 3090. The van der Waals surface area contributed by atoms with Crippen LogP contribution in [0.25, 0.3) is 54.5 Å². The maximum absolute atomic E-state index is 13.3. The zero-order chi connectivity index (χ0) is 43.5. The Hall–Kier alpha value is -8.18. The highest BCUT2D eigenvalue weighted by atomic mass is 19.4. The molecule has 10 rings (SSSR count). The number of alkyl halides is 3. The molecule has 24 heteroatoms. The molecular weight excluding hydrogens is 813 g/mol. The number of nitrogen functional groups attached to an aromatic ring is 5. The summed E-state index contributed by atoms with van der Waals surface area (Å²) in [5, 5.41) is 32.8. The topological polar surface area (TPSA) is 274 Å². The molecule has 0 aliphatic heterocycles. The van der Waals surface area contributed by atoms with Gasteiger partial charge in [-0.2, -0.15) is 38.7 Å². The van der Waals surface area contributed by atoms with Crippen LogP contribution in [0, 0.1) is 34.9 Å². The molecule has 0 saturated carbocycles. The van der Waals surface area contributed by atoms with Crippen molar-refractivity contribution in [1.82, 2.24) is 51.0 Å². The minimum Gasteiger partial charge on any atom is -0.382 e. The third-order valence-corrected chi connectivity index (χ3v) is 8.32. The third kappa shape index (κ3) is 8.85. The quantitative estimate of drug-likeness (QED) is 0.0668. The van der Waals surface area contributed by atoms with E-state index in [9.17, 15) is 39.5 Å². The number of fused-ring (bicyclic) bond motifs is 5. The normalized spacial score (nSPS) is 11.1. The summed E-state index contributed by atoms with van der Waals surface area (Å²) < 4.78 is 114. The number of halogens is 9. The largest absolute Gasteiger partial charge is 0.419 e. The second-order valence-corrected chi connectivity index (χ2v) is 12.2. The summed E-state index contributed by atoms with van der Waals surface area (Å²) in [6.45, 7) is 0. The van der Waals surface area contributed by atoms with Gasteiger partial charge in [0.15, 0.2) is 40.7 Å².